The van der Waals surface area contributed by atoms with Crippen LogP contribution in [0.5, 0.6) is 0 Å². The van der Waals surface area contributed by atoms with Gasteiger partial charge in [-0.1, -0.05) is 37.2 Å². The first-order chi connectivity index (χ1) is 20.4. The third kappa shape index (κ3) is 5.53. The molecule has 0 N–H and O–H groups in total. The van der Waals surface area contributed by atoms with Crippen LogP contribution in [0.2, 0.25) is 0 Å². The summed E-state index contributed by atoms with van der Waals surface area (Å²) in [6, 6.07) is 7.82. The van der Waals surface area contributed by atoms with Crippen LogP contribution >= 0.6 is 0 Å². The standard InChI is InChI=1S/C32H41N5O5S/c1-30(2,3)29-34-28(36-42-29)32-14-11-31(12-15-32,13-16-32)20-37(27(38)22-9-17-43(39,40)18-10-22)24-6-4-5-23(19-24)26-33-25(35-41-26)21-7-8-21/h4-6,19,21-22H,7-18,20H2,1-3H3. The molecule has 4 saturated carbocycles. The zero-order valence-electron chi connectivity index (χ0n) is 25.3. The first-order valence-corrected chi connectivity index (χ1v) is 17.6. The number of anilines is 1. The van der Waals surface area contributed by atoms with Crippen molar-refractivity contribution in [1.29, 1.82) is 0 Å². The zero-order valence-corrected chi connectivity index (χ0v) is 26.2. The lowest BCUT2D eigenvalue weighted by atomic mass is 9.53. The minimum Gasteiger partial charge on any atom is -0.339 e. The lowest BCUT2D eigenvalue weighted by Crippen LogP contribution is -2.52. The molecule has 0 unspecified atom stereocenters. The van der Waals surface area contributed by atoms with Crippen LogP contribution in [0.25, 0.3) is 11.5 Å². The Hall–Kier alpha value is -3.08. The van der Waals surface area contributed by atoms with E-state index >= 15 is 0 Å². The Morgan fingerprint density at radius 3 is 2.28 bits per heavy atom. The molecule has 5 fully saturated rings. The van der Waals surface area contributed by atoms with Gasteiger partial charge in [-0.25, -0.2) is 8.42 Å². The van der Waals surface area contributed by atoms with E-state index in [-0.39, 0.29) is 39.6 Å². The number of sulfone groups is 1. The smallest absolute Gasteiger partial charge is 0.258 e. The third-order valence-corrected chi connectivity index (χ3v) is 12.1. The maximum absolute atomic E-state index is 14.2. The number of hydrogen-bond acceptors (Lipinski definition) is 9. The van der Waals surface area contributed by atoms with Crippen molar-refractivity contribution in [3.63, 3.8) is 0 Å². The summed E-state index contributed by atoms with van der Waals surface area (Å²) in [5.41, 5.74) is 1.31. The van der Waals surface area contributed by atoms with E-state index in [1.54, 1.807) is 0 Å². The van der Waals surface area contributed by atoms with Crippen molar-refractivity contribution in [1.82, 2.24) is 20.3 Å². The molecule has 0 atom stereocenters. The van der Waals surface area contributed by atoms with Gasteiger partial charge in [0.1, 0.15) is 9.84 Å². The van der Waals surface area contributed by atoms with E-state index in [1.165, 1.54) is 0 Å². The molecule has 5 aliphatic rings. The summed E-state index contributed by atoms with van der Waals surface area (Å²) >= 11 is 0. The Balaban J connectivity index is 1.15. The number of rotatable bonds is 7. The summed E-state index contributed by atoms with van der Waals surface area (Å²) < 4.78 is 35.6. The first-order valence-electron chi connectivity index (χ1n) is 15.7. The van der Waals surface area contributed by atoms with E-state index in [0.717, 1.165) is 74.3 Å². The molecule has 0 spiro atoms. The van der Waals surface area contributed by atoms with E-state index in [2.05, 4.69) is 36.1 Å². The van der Waals surface area contributed by atoms with Crippen molar-refractivity contribution in [2.24, 2.45) is 11.3 Å². The number of benzene rings is 1. The van der Waals surface area contributed by atoms with Crippen LogP contribution in [0.4, 0.5) is 5.69 Å². The number of carbonyl (C=O) groups is 1. The highest BCUT2D eigenvalue weighted by molar-refractivity contribution is 7.91. The van der Waals surface area contributed by atoms with Gasteiger partial charge >= 0.3 is 0 Å². The van der Waals surface area contributed by atoms with Crippen LogP contribution < -0.4 is 4.90 Å². The fourth-order valence-electron chi connectivity index (χ4n) is 7.23. The quantitative estimate of drug-likeness (QED) is 0.329. The second kappa shape index (κ2) is 10.2. The van der Waals surface area contributed by atoms with Gasteiger partial charge in [0, 0.05) is 40.5 Å². The van der Waals surface area contributed by atoms with E-state index in [0.29, 0.717) is 37.1 Å². The highest BCUT2D eigenvalue weighted by Crippen LogP contribution is 2.58. The molecule has 3 aromatic rings. The predicted molar refractivity (Wildman–Crippen MR) is 160 cm³/mol. The number of fused-ring (bicyclic) bond motifs is 3. The molecule has 43 heavy (non-hydrogen) atoms. The summed E-state index contributed by atoms with van der Waals surface area (Å²) in [6.45, 7) is 6.86. The number of amides is 1. The Morgan fingerprint density at radius 1 is 0.953 bits per heavy atom. The fourth-order valence-corrected chi connectivity index (χ4v) is 8.73. The maximum atomic E-state index is 14.2. The molecule has 0 radical (unpaired) electrons. The van der Waals surface area contributed by atoms with Gasteiger partial charge in [-0.3, -0.25) is 4.79 Å². The molecule has 1 aromatic carbocycles. The van der Waals surface area contributed by atoms with Gasteiger partial charge in [-0.05, 0) is 87.8 Å². The Morgan fingerprint density at radius 2 is 1.65 bits per heavy atom. The lowest BCUT2D eigenvalue weighted by molar-refractivity contribution is -0.123. The largest absolute Gasteiger partial charge is 0.339 e. The molecule has 1 saturated heterocycles. The van der Waals surface area contributed by atoms with Crippen molar-refractivity contribution in [2.75, 3.05) is 23.0 Å². The molecule has 2 aromatic heterocycles. The molecule has 230 valence electrons. The van der Waals surface area contributed by atoms with Crippen LogP contribution in [-0.2, 0) is 25.5 Å². The summed E-state index contributed by atoms with van der Waals surface area (Å²) in [5, 5.41) is 8.62. The molecule has 4 aliphatic carbocycles. The SMILES string of the molecule is CC(C)(C)c1nc(C23CCC(CN(C(=O)C4CCS(=O)(=O)CC4)c4cccc(-c5nc(C6CC6)no5)c4)(CC2)CC3)no1. The molecular formula is C32H41N5O5S. The summed E-state index contributed by atoms with van der Waals surface area (Å²) in [7, 11) is -3.08. The van der Waals surface area contributed by atoms with Crippen molar-refractivity contribution < 1.29 is 22.3 Å². The highest BCUT2D eigenvalue weighted by atomic mass is 32.2. The van der Waals surface area contributed by atoms with Gasteiger partial charge in [-0.15, -0.1) is 0 Å². The van der Waals surface area contributed by atoms with Crippen molar-refractivity contribution >= 4 is 21.4 Å². The average Bonchev–Trinajstić information content (AvgIpc) is 3.48. The number of hydrogen-bond donors (Lipinski definition) is 0. The van der Waals surface area contributed by atoms with Gasteiger partial charge in [0.25, 0.3) is 5.89 Å². The van der Waals surface area contributed by atoms with Gasteiger partial charge < -0.3 is 13.9 Å². The maximum Gasteiger partial charge on any atom is 0.258 e. The van der Waals surface area contributed by atoms with Gasteiger partial charge in [0.05, 0.1) is 11.5 Å². The van der Waals surface area contributed by atoms with E-state index in [9.17, 15) is 13.2 Å². The molecule has 3 heterocycles. The van der Waals surface area contributed by atoms with Crippen LogP contribution in [0.15, 0.2) is 33.3 Å². The third-order valence-electron chi connectivity index (χ3n) is 10.4. The van der Waals surface area contributed by atoms with Crippen molar-refractivity contribution in [3.8, 4) is 11.5 Å². The van der Waals surface area contributed by atoms with E-state index in [1.807, 2.05) is 29.2 Å². The second-order valence-electron chi connectivity index (χ2n) is 14.6. The second-order valence-corrected chi connectivity index (χ2v) is 16.9. The van der Waals surface area contributed by atoms with Crippen molar-refractivity contribution in [3.05, 3.63) is 41.8 Å². The predicted octanol–water partition coefficient (Wildman–Crippen LogP) is 5.74. The number of aromatic nitrogens is 4. The summed E-state index contributed by atoms with van der Waals surface area (Å²) in [6.07, 6.45) is 8.74. The van der Waals surface area contributed by atoms with Crippen LogP contribution in [-0.4, -0.2) is 52.7 Å². The normalized spacial score (nSPS) is 27.3. The van der Waals surface area contributed by atoms with E-state index < -0.39 is 9.84 Å². The molecule has 8 rings (SSSR count). The molecule has 11 heteroatoms. The van der Waals surface area contributed by atoms with Crippen molar-refractivity contribution in [2.45, 2.75) is 102 Å². The average molecular weight is 608 g/mol. The molecule has 10 nitrogen and oxygen atoms in total. The minimum absolute atomic E-state index is 0.0148. The topological polar surface area (TPSA) is 132 Å². The van der Waals surface area contributed by atoms with Crippen LogP contribution in [0, 0.1) is 11.3 Å². The molecular weight excluding hydrogens is 566 g/mol. The Labute approximate surface area is 252 Å². The van der Waals surface area contributed by atoms with Crippen LogP contribution in [0.1, 0.15) is 108 Å². The zero-order chi connectivity index (χ0) is 30.0. The van der Waals surface area contributed by atoms with Crippen LogP contribution in [0.3, 0.4) is 0 Å². The Bertz CT molecular complexity index is 1590. The van der Waals surface area contributed by atoms with Gasteiger partial charge in [0.15, 0.2) is 11.6 Å². The summed E-state index contributed by atoms with van der Waals surface area (Å²) in [4.78, 5) is 25.7. The first kappa shape index (κ1) is 28.7. The molecule has 1 amide bonds. The minimum atomic E-state index is -3.08. The lowest BCUT2D eigenvalue weighted by Gasteiger charge is -2.53. The van der Waals surface area contributed by atoms with E-state index in [4.69, 9.17) is 14.0 Å². The number of nitrogens with zero attached hydrogens (tertiary/aromatic N) is 5. The number of carbonyl (C=O) groups excluding carboxylic acids is 1. The van der Waals surface area contributed by atoms with Gasteiger partial charge in [0.2, 0.25) is 11.8 Å². The molecule has 2 bridgehead atoms. The monoisotopic (exact) mass is 607 g/mol. The van der Waals surface area contributed by atoms with Gasteiger partial charge in [-0.2, -0.15) is 9.97 Å². The fraction of sp³-hybridized carbons (Fsp3) is 0.656. The highest BCUT2D eigenvalue weighted by Gasteiger charge is 2.53. The summed E-state index contributed by atoms with van der Waals surface area (Å²) in [5.74, 6) is 2.95. The molecule has 1 aliphatic heterocycles. The Kier molecular flexibility index (Phi) is 6.83.